The van der Waals surface area contributed by atoms with Crippen LogP contribution in [0.25, 0.3) is 0 Å². The summed E-state index contributed by atoms with van der Waals surface area (Å²) in [5.74, 6) is -3.35. The number of carbonyl (C=O) groups is 1. The van der Waals surface area contributed by atoms with E-state index in [9.17, 15) is 25.2 Å². The number of fused-ring (bicyclic) bond motifs is 4. The molecular weight excluding hydrogens is 364 g/mol. The normalized spacial score (nSPS) is 63.7. The molecule has 0 aromatic rings. The maximum atomic E-state index is 13.8. The smallest absolute Gasteiger partial charge is 0.183 e. The third-order valence-corrected chi connectivity index (χ3v) is 9.81. The lowest BCUT2D eigenvalue weighted by Crippen LogP contribution is -2.73. The maximum absolute atomic E-state index is 13.8. The lowest BCUT2D eigenvalue weighted by atomic mass is 9.43. The molecule has 4 bridgehead atoms. The Morgan fingerprint density at radius 2 is 1.75 bits per heavy atom. The van der Waals surface area contributed by atoms with Crippen molar-refractivity contribution >= 4 is 5.78 Å². The van der Waals surface area contributed by atoms with Gasteiger partial charge in [-0.2, -0.15) is 0 Å². The first kappa shape index (κ1) is 18.2. The van der Waals surface area contributed by atoms with Gasteiger partial charge >= 0.3 is 0 Å². The zero-order chi connectivity index (χ0) is 19.9. The number of hydrogen-bond acceptors (Lipinski definition) is 7. The molecule has 0 aromatic heterocycles. The summed E-state index contributed by atoms with van der Waals surface area (Å²) in [5, 5.41) is 45.8. The molecule has 4 saturated carbocycles. The Labute approximate surface area is 164 Å². The highest BCUT2D eigenvalue weighted by molar-refractivity contribution is 6.00. The Bertz CT molecular complexity index is 762. The van der Waals surface area contributed by atoms with Crippen molar-refractivity contribution in [1.29, 1.82) is 0 Å². The van der Waals surface area contributed by atoms with Crippen LogP contribution in [0.2, 0.25) is 0 Å². The molecule has 7 aliphatic rings. The van der Waals surface area contributed by atoms with Crippen LogP contribution in [-0.4, -0.2) is 69.1 Å². The van der Waals surface area contributed by atoms with Crippen LogP contribution in [0.15, 0.2) is 0 Å². The van der Waals surface area contributed by atoms with Crippen molar-refractivity contribution in [3.05, 3.63) is 0 Å². The van der Waals surface area contributed by atoms with Crippen molar-refractivity contribution in [2.24, 2.45) is 34.0 Å². The lowest BCUT2D eigenvalue weighted by Gasteiger charge is -2.65. The molecule has 3 saturated heterocycles. The first-order chi connectivity index (χ1) is 13.1. The largest absolute Gasteiger partial charge is 0.393 e. The first-order valence-electron chi connectivity index (χ1n) is 10.7. The van der Waals surface area contributed by atoms with Gasteiger partial charge in [-0.15, -0.1) is 0 Å². The number of aliphatic hydroxyl groups is 4. The van der Waals surface area contributed by atoms with Gasteiger partial charge < -0.3 is 29.9 Å². The Morgan fingerprint density at radius 3 is 2.43 bits per heavy atom. The van der Waals surface area contributed by atoms with Crippen molar-refractivity contribution in [3.8, 4) is 0 Å². The van der Waals surface area contributed by atoms with Gasteiger partial charge in [-0.25, -0.2) is 0 Å². The second-order valence-corrected chi connectivity index (χ2v) is 11.0. The van der Waals surface area contributed by atoms with Gasteiger partial charge in [-0.05, 0) is 37.0 Å². The molecule has 7 nitrogen and oxygen atoms in total. The van der Waals surface area contributed by atoms with E-state index < -0.39 is 46.4 Å². The summed E-state index contributed by atoms with van der Waals surface area (Å²) >= 11 is 0. The second-order valence-electron chi connectivity index (χ2n) is 11.0. The van der Waals surface area contributed by atoms with Gasteiger partial charge in [0.25, 0.3) is 0 Å². The predicted molar refractivity (Wildman–Crippen MR) is 94.8 cm³/mol. The summed E-state index contributed by atoms with van der Waals surface area (Å²) in [4.78, 5) is 13.8. The van der Waals surface area contributed by atoms with Crippen LogP contribution in [0.3, 0.4) is 0 Å². The molecular formula is C21H30O7. The second kappa shape index (κ2) is 4.84. The van der Waals surface area contributed by atoms with Crippen LogP contribution < -0.4 is 0 Å². The quantitative estimate of drug-likeness (QED) is 0.426. The van der Waals surface area contributed by atoms with Gasteiger partial charge in [0, 0.05) is 23.7 Å². The predicted octanol–water partition coefficient (Wildman–Crippen LogP) is -0.0215. The Morgan fingerprint density at radius 1 is 1.04 bits per heavy atom. The summed E-state index contributed by atoms with van der Waals surface area (Å²) in [7, 11) is 0. The molecule has 4 N–H and O–H groups in total. The van der Waals surface area contributed by atoms with Gasteiger partial charge in [0.1, 0.15) is 5.41 Å². The number of aliphatic hydroxyl groups excluding tert-OH is 3. The van der Waals surface area contributed by atoms with E-state index in [0.717, 1.165) is 6.42 Å². The lowest BCUT2D eigenvalue weighted by molar-refractivity contribution is -0.364. The Hall–Kier alpha value is -0.570. The first-order valence-corrected chi connectivity index (χ1v) is 10.7. The molecule has 3 heterocycles. The number of hydrogen-bond donors (Lipinski definition) is 4. The topological polar surface area (TPSA) is 120 Å². The molecule has 0 radical (unpaired) electrons. The third-order valence-electron chi connectivity index (χ3n) is 9.81. The number of ether oxygens (including phenoxy) is 2. The molecule has 7 fully saturated rings. The Kier molecular flexibility index (Phi) is 3.15. The standard InChI is InChI=1S/C21H30O7/c1-17(2)6-5-13(23)18-8-28-20(26,7-11(22)14(17)18)21-12(18)4-3-10(15(21)24)19(9-27-19)16(21)25/h10-15,22-24,26H,3-9H2,1-2H3/t10-,11+,12+,13+,14?,15-,18?,19+,20?,21?/m1/s1. The van der Waals surface area contributed by atoms with E-state index in [1.807, 2.05) is 0 Å². The molecule has 4 unspecified atom stereocenters. The van der Waals surface area contributed by atoms with Gasteiger partial charge in [0.05, 0.1) is 31.5 Å². The minimum Gasteiger partial charge on any atom is -0.393 e. The van der Waals surface area contributed by atoms with Crippen LogP contribution in [0.4, 0.5) is 0 Å². The number of ketones is 1. The fourth-order valence-electron chi connectivity index (χ4n) is 8.83. The van der Waals surface area contributed by atoms with Gasteiger partial charge in [0.15, 0.2) is 17.2 Å². The van der Waals surface area contributed by atoms with Crippen molar-refractivity contribution < 1.29 is 34.7 Å². The zero-order valence-corrected chi connectivity index (χ0v) is 16.4. The van der Waals surface area contributed by atoms with E-state index in [1.165, 1.54) is 0 Å². The van der Waals surface area contributed by atoms with Crippen LogP contribution >= 0.6 is 0 Å². The Balaban J connectivity index is 1.64. The van der Waals surface area contributed by atoms with Crippen molar-refractivity contribution in [2.75, 3.05) is 13.2 Å². The summed E-state index contributed by atoms with van der Waals surface area (Å²) in [6.07, 6.45) is -0.357. The van der Waals surface area contributed by atoms with E-state index in [-0.39, 0.29) is 42.7 Å². The SMILES string of the molecule is CC1(C)CC[C@H](O)C23COC(O)(C[C@H](O)C12)C12C(=O)[C@]4(CO4)[C@H](CC[C@@H]31)[C@H]2O. The van der Waals surface area contributed by atoms with E-state index >= 15 is 0 Å². The summed E-state index contributed by atoms with van der Waals surface area (Å²) in [6.45, 7) is 4.55. The number of epoxide rings is 1. The molecule has 0 amide bonds. The number of Topliss-reactive ketones (excluding diaryl/α,β-unsaturated/α-hetero) is 1. The molecule has 156 valence electrons. The minimum absolute atomic E-state index is 0.0980. The molecule has 10 atom stereocenters. The summed E-state index contributed by atoms with van der Waals surface area (Å²) < 4.78 is 11.7. The van der Waals surface area contributed by atoms with Crippen molar-refractivity contribution in [2.45, 2.75) is 75.7 Å². The fourth-order valence-corrected chi connectivity index (χ4v) is 8.83. The summed E-state index contributed by atoms with van der Waals surface area (Å²) in [6, 6.07) is 0. The molecule has 28 heavy (non-hydrogen) atoms. The average molecular weight is 394 g/mol. The van der Waals surface area contributed by atoms with E-state index in [1.54, 1.807) is 0 Å². The van der Waals surface area contributed by atoms with Gasteiger partial charge in [0.2, 0.25) is 0 Å². The highest BCUT2D eigenvalue weighted by Crippen LogP contribution is 2.76. The minimum atomic E-state index is -1.94. The molecule has 4 aliphatic carbocycles. The molecule has 0 aromatic carbocycles. The summed E-state index contributed by atoms with van der Waals surface area (Å²) in [5.41, 5.74) is -3.72. The average Bonchev–Trinajstić information content (AvgIpc) is 3.42. The van der Waals surface area contributed by atoms with Crippen LogP contribution in [0.1, 0.15) is 46.0 Å². The molecule has 7 rings (SSSR count). The van der Waals surface area contributed by atoms with Crippen molar-refractivity contribution in [3.63, 3.8) is 0 Å². The van der Waals surface area contributed by atoms with E-state index in [4.69, 9.17) is 9.47 Å². The van der Waals surface area contributed by atoms with Gasteiger partial charge in [-0.1, -0.05) is 13.8 Å². The van der Waals surface area contributed by atoms with Crippen LogP contribution in [0.5, 0.6) is 0 Å². The van der Waals surface area contributed by atoms with Gasteiger partial charge in [-0.3, -0.25) is 4.79 Å². The van der Waals surface area contributed by atoms with E-state index in [2.05, 4.69) is 13.8 Å². The molecule has 3 aliphatic heterocycles. The monoisotopic (exact) mass is 394 g/mol. The zero-order valence-electron chi connectivity index (χ0n) is 16.4. The fraction of sp³-hybridized carbons (Fsp3) is 0.952. The van der Waals surface area contributed by atoms with Crippen molar-refractivity contribution in [1.82, 2.24) is 0 Å². The molecule has 7 heteroatoms. The highest BCUT2D eigenvalue weighted by atomic mass is 16.6. The number of carbonyl (C=O) groups excluding carboxylic acids is 1. The van der Waals surface area contributed by atoms with E-state index in [0.29, 0.717) is 19.3 Å². The van der Waals surface area contributed by atoms with Crippen LogP contribution in [0, 0.1) is 34.0 Å². The highest BCUT2D eigenvalue weighted by Gasteiger charge is 2.88. The number of rotatable bonds is 0. The third kappa shape index (κ3) is 1.57. The maximum Gasteiger partial charge on any atom is 0.183 e. The molecule has 3 spiro atoms. The van der Waals surface area contributed by atoms with Crippen LogP contribution in [-0.2, 0) is 14.3 Å².